The Morgan fingerprint density at radius 2 is 1.92 bits per heavy atom. The van der Waals surface area contributed by atoms with Crippen LogP contribution >= 0.6 is 0 Å². The van der Waals surface area contributed by atoms with E-state index in [0.717, 1.165) is 5.56 Å². The largest absolute Gasteiger partial charge is 0.307 e. The van der Waals surface area contributed by atoms with Gasteiger partial charge in [-0.05, 0) is 24.6 Å². The molecule has 3 heteroatoms. The second kappa shape index (κ2) is 3.90. The molecule has 0 aliphatic rings. The van der Waals surface area contributed by atoms with E-state index in [4.69, 9.17) is 5.26 Å². The first kappa shape index (κ1) is 9.53. The third-order valence-electron chi connectivity index (χ3n) is 2.09. The topological polar surface area (TPSA) is 27.0 Å². The van der Waals surface area contributed by atoms with E-state index < -0.39 is 0 Å². The number of benzene rings is 1. The zero-order valence-corrected chi connectivity index (χ0v) is 7.66. The number of hydrogen-bond donors (Lipinski definition) is 0. The average molecular weight is 178 g/mol. The van der Waals surface area contributed by atoms with Gasteiger partial charge in [0.2, 0.25) is 0 Å². The van der Waals surface area contributed by atoms with Crippen LogP contribution in [-0.2, 0) is 0 Å². The van der Waals surface area contributed by atoms with Crippen LogP contribution in [0.4, 0.5) is 4.39 Å². The summed E-state index contributed by atoms with van der Waals surface area (Å²) in [4.78, 5) is 1.52. The highest BCUT2D eigenvalue weighted by atomic mass is 19.1. The maximum Gasteiger partial charge on any atom is 0.179 e. The van der Waals surface area contributed by atoms with Crippen LogP contribution in [0.25, 0.3) is 0 Å². The lowest BCUT2D eigenvalue weighted by Gasteiger charge is -2.18. The summed E-state index contributed by atoms with van der Waals surface area (Å²) in [6.45, 7) is 1.90. The van der Waals surface area contributed by atoms with Crippen molar-refractivity contribution in [2.75, 3.05) is 7.05 Å². The maximum absolute atomic E-state index is 12.6. The Hall–Kier alpha value is -1.56. The normalized spacial score (nSPS) is 11.8. The van der Waals surface area contributed by atoms with E-state index in [-0.39, 0.29) is 11.9 Å². The molecule has 0 bridgehead atoms. The molecule has 13 heavy (non-hydrogen) atoms. The summed E-state index contributed by atoms with van der Waals surface area (Å²) in [6.07, 6.45) is 2.02. The SMILES string of the molecule is CC(c1ccc(F)cc1)N(C)C#N. The summed E-state index contributed by atoms with van der Waals surface area (Å²) in [5.74, 6) is -0.254. The van der Waals surface area contributed by atoms with Crippen LogP contribution < -0.4 is 0 Å². The van der Waals surface area contributed by atoms with Crippen molar-refractivity contribution in [3.63, 3.8) is 0 Å². The molecule has 0 N–H and O–H groups in total. The summed E-state index contributed by atoms with van der Waals surface area (Å²) in [5, 5.41) is 8.62. The molecule has 0 fully saturated rings. The van der Waals surface area contributed by atoms with Crippen LogP contribution in [0.3, 0.4) is 0 Å². The molecule has 1 unspecified atom stereocenters. The van der Waals surface area contributed by atoms with Crippen LogP contribution in [0.15, 0.2) is 24.3 Å². The van der Waals surface area contributed by atoms with Crippen molar-refractivity contribution in [3.05, 3.63) is 35.6 Å². The quantitative estimate of drug-likeness (QED) is 0.513. The molecular formula is C10H11FN2. The second-order valence-corrected chi connectivity index (χ2v) is 2.94. The smallest absolute Gasteiger partial charge is 0.179 e. The number of nitriles is 1. The average Bonchev–Trinajstić information content (AvgIpc) is 2.17. The van der Waals surface area contributed by atoms with E-state index in [9.17, 15) is 4.39 Å². The van der Waals surface area contributed by atoms with Crippen molar-refractivity contribution in [3.8, 4) is 6.19 Å². The molecule has 1 aromatic rings. The number of rotatable bonds is 2. The Kier molecular flexibility index (Phi) is 2.86. The van der Waals surface area contributed by atoms with Gasteiger partial charge in [-0.3, -0.25) is 0 Å². The van der Waals surface area contributed by atoms with Crippen molar-refractivity contribution in [2.45, 2.75) is 13.0 Å². The van der Waals surface area contributed by atoms with E-state index in [1.165, 1.54) is 17.0 Å². The molecule has 0 saturated heterocycles. The molecule has 0 amide bonds. The summed E-state index contributed by atoms with van der Waals surface area (Å²) in [6, 6.07) is 6.17. The van der Waals surface area contributed by atoms with Gasteiger partial charge in [-0.25, -0.2) is 4.39 Å². The highest BCUT2D eigenvalue weighted by Gasteiger charge is 2.08. The first-order chi connectivity index (χ1) is 6.15. The summed E-state index contributed by atoms with van der Waals surface area (Å²) >= 11 is 0. The molecule has 1 atom stereocenters. The van der Waals surface area contributed by atoms with Crippen LogP contribution in [0.5, 0.6) is 0 Å². The molecule has 0 aliphatic heterocycles. The lowest BCUT2D eigenvalue weighted by Crippen LogP contribution is -2.16. The van der Waals surface area contributed by atoms with Gasteiger partial charge in [0.1, 0.15) is 5.82 Å². The Morgan fingerprint density at radius 1 is 1.38 bits per heavy atom. The van der Waals surface area contributed by atoms with Crippen LogP contribution in [0.2, 0.25) is 0 Å². The van der Waals surface area contributed by atoms with E-state index in [2.05, 4.69) is 0 Å². The van der Waals surface area contributed by atoms with Crippen molar-refractivity contribution in [2.24, 2.45) is 0 Å². The second-order valence-electron chi connectivity index (χ2n) is 2.94. The third kappa shape index (κ3) is 2.19. The number of halogens is 1. The van der Waals surface area contributed by atoms with E-state index in [1.807, 2.05) is 13.1 Å². The highest BCUT2D eigenvalue weighted by Crippen LogP contribution is 2.17. The lowest BCUT2D eigenvalue weighted by atomic mass is 10.1. The van der Waals surface area contributed by atoms with Crippen molar-refractivity contribution in [1.29, 1.82) is 5.26 Å². The summed E-state index contributed by atoms with van der Waals surface area (Å²) < 4.78 is 12.6. The van der Waals surface area contributed by atoms with Crippen LogP contribution in [0.1, 0.15) is 18.5 Å². The highest BCUT2D eigenvalue weighted by molar-refractivity contribution is 5.19. The van der Waals surface area contributed by atoms with Crippen LogP contribution in [-0.4, -0.2) is 11.9 Å². The Bertz CT molecular complexity index is 313. The van der Waals surface area contributed by atoms with Gasteiger partial charge in [-0.15, -0.1) is 0 Å². The Labute approximate surface area is 77.2 Å². The molecule has 0 aliphatic carbocycles. The van der Waals surface area contributed by atoms with Gasteiger partial charge in [0, 0.05) is 7.05 Å². The minimum absolute atomic E-state index is 0.00870. The minimum atomic E-state index is -0.254. The summed E-state index contributed by atoms with van der Waals surface area (Å²) in [7, 11) is 1.70. The van der Waals surface area contributed by atoms with Gasteiger partial charge < -0.3 is 4.90 Å². The summed E-state index contributed by atoms with van der Waals surface area (Å²) in [5.41, 5.74) is 0.936. The zero-order chi connectivity index (χ0) is 9.84. The van der Waals surface area contributed by atoms with Crippen molar-refractivity contribution in [1.82, 2.24) is 4.90 Å². The zero-order valence-electron chi connectivity index (χ0n) is 7.66. The van der Waals surface area contributed by atoms with Crippen molar-refractivity contribution < 1.29 is 4.39 Å². The molecule has 2 nitrogen and oxygen atoms in total. The predicted octanol–water partition coefficient (Wildman–Crippen LogP) is 2.30. The fourth-order valence-corrected chi connectivity index (χ4v) is 1.05. The number of nitrogens with zero attached hydrogens (tertiary/aromatic N) is 2. The standard InChI is InChI=1S/C10H11FN2/c1-8(13(2)7-12)9-3-5-10(11)6-4-9/h3-6,8H,1-2H3. The van der Waals surface area contributed by atoms with Gasteiger partial charge in [0.05, 0.1) is 6.04 Å². The van der Waals surface area contributed by atoms with Crippen LogP contribution in [0, 0.1) is 17.3 Å². The molecule has 68 valence electrons. The molecule has 0 radical (unpaired) electrons. The molecule has 1 aromatic carbocycles. The van der Waals surface area contributed by atoms with E-state index in [1.54, 1.807) is 19.2 Å². The first-order valence-corrected chi connectivity index (χ1v) is 4.03. The molecule has 0 aromatic heterocycles. The predicted molar refractivity (Wildman–Crippen MR) is 48.2 cm³/mol. The fourth-order valence-electron chi connectivity index (χ4n) is 1.05. The van der Waals surface area contributed by atoms with E-state index in [0.29, 0.717) is 0 Å². The monoisotopic (exact) mass is 178 g/mol. The molecule has 0 spiro atoms. The number of hydrogen-bond acceptors (Lipinski definition) is 2. The first-order valence-electron chi connectivity index (χ1n) is 4.03. The molecule has 0 saturated carbocycles. The molecule has 1 rings (SSSR count). The minimum Gasteiger partial charge on any atom is -0.307 e. The van der Waals surface area contributed by atoms with Crippen molar-refractivity contribution >= 4 is 0 Å². The maximum atomic E-state index is 12.6. The van der Waals surface area contributed by atoms with E-state index >= 15 is 0 Å². The third-order valence-corrected chi connectivity index (χ3v) is 2.09. The molecular weight excluding hydrogens is 167 g/mol. The fraction of sp³-hybridized carbons (Fsp3) is 0.300. The Morgan fingerprint density at radius 3 is 2.38 bits per heavy atom. The van der Waals surface area contributed by atoms with Gasteiger partial charge in [-0.2, -0.15) is 5.26 Å². The van der Waals surface area contributed by atoms with Gasteiger partial charge in [-0.1, -0.05) is 12.1 Å². The van der Waals surface area contributed by atoms with Gasteiger partial charge >= 0.3 is 0 Å². The molecule has 0 heterocycles. The Balaban J connectivity index is 2.84. The van der Waals surface area contributed by atoms with Gasteiger partial charge in [0.25, 0.3) is 0 Å². The lowest BCUT2D eigenvalue weighted by molar-refractivity contribution is 0.376. The van der Waals surface area contributed by atoms with Gasteiger partial charge in [0.15, 0.2) is 6.19 Å².